The van der Waals surface area contributed by atoms with Crippen LogP contribution in [0.5, 0.6) is 23.0 Å². The summed E-state index contributed by atoms with van der Waals surface area (Å²) in [4.78, 5) is 15.8. The molecule has 0 saturated heterocycles. The van der Waals surface area contributed by atoms with Crippen molar-refractivity contribution in [3.63, 3.8) is 0 Å². The van der Waals surface area contributed by atoms with Gasteiger partial charge in [-0.25, -0.2) is 0 Å². The number of fused-ring (bicyclic) bond motifs is 1. The van der Waals surface area contributed by atoms with Gasteiger partial charge in [0, 0.05) is 12.1 Å². The van der Waals surface area contributed by atoms with Crippen molar-refractivity contribution >= 4 is 11.0 Å². The fourth-order valence-corrected chi connectivity index (χ4v) is 4.09. The summed E-state index contributed by atoms with van der Waals surface area (Å²) in [5.74, 6) is 1.92. The Morgan fingerprint density at radius 1 is 0.853 bits per heavy atom. The monoisotopic (exact) mass is 469 g/mol. The fraction of sp³-hybridized carbons (Fsp3) is 0.444. The Bertz CT molecular complexity index is 1110. The minimum Gasteiger partial charge on any atom is -0.493 e. The Balaban J connectivity index is 2.00. The highest BCUT2D eigenvalue weighted by Gasteiger charge is 2.22. The predicted octanol–water partition coefficient (Wildman–Crippen LogP) is 5.38. The van der Waals surface area contributed by atoms with Gasteiger partial charge in [0.05, 0.1) is 33.3 Å². The maximum absolute atomic E-state index is 13.4. The van der Waals surface area contributed by atoms with E-state index in [1.807, 2.05) is 12.1 Å². The summed E-state index contributed by atoms with van der Waals surface area (Å²) in [6.07, 6.45) is 3.03. The molecule has 0 aliphatic rings. The maximum atomic E-state index is 13.4. The van der Waals surface area contributed by atoms with Crippen LogP contribution in [-0.2, 0) is 0 Å². The van der Waals surface area contributed by atoms with Gasteiger partial charge in [-0.05, 0) is 56.6 Å². The largest absolute Gasteiger partial charge is 0.493 e. The molecule has 0 aliphatic carbocycles. The second-order valence-corrected chi connectivity index (χ2v) is 8.04. The fourth-order valence-electron chi connectivity index (χ4n) is 4.09. The zero-order valence-electron chi connectivity index (χ0n) is 20.8. The third kappa shape index (κ3) is 5.65. The first kappa shape index (κ1) is 25.4. The van der Waals surface area contributed by atoms with Crippen molar-refractivity contribution in [3.8, 4) is 34.3 Å². The number of para-hydroxylation sites is 1. The van der Waals surface area contributed by atoms with Gasteiger partial charge in [-0.15, -0.1) is 0 Å². The van der Waals surface area contributed by atoms with E-state index in [-0.39, 0.29) is 11.2 Å². The summed E-state index contributed by atoms with van der Waals surface area (Å²) in [5.41, 5.74) is 0.885. The smallest absolute Gasteiger partial charge is 0.235 e. The molecule has 0 spiro atoms. The van der Waals surface area contributed by atoms with Crippen LogP contribution in [0.2, 0.25) is 0 Å². The zero-order valence-corrected chi connectivity index (χ0v) is 20.8. The van der Waals surface area contributed by atoms with E-state index in [1.54, 1.807) is 45.6 Å². The van der Waals surface area contributed by atoms with Crippen LogP contribution < -0.4 is 24.4 Å². The second-order valence-electron chi connectivity index (χ2n) is 8.04. The Morgan fingerprint density at radius 3 is 2.09 bits per heavy atom. The Kier molecular flexibility index (Phi) is 9.22. The Labute approximate surface area is 201 Å². The van der Waals surface area contributed by atoms with E-state index in [9.17, 15) is 4.79 Å². The first-order chi connectivity index (χ1) is 16.6. The Morgan fingerprint density at radius 2 is 1.50 bits per heavy atom. The van der Waals surface area contributed by atoms with Gasteiger partial charge in [0.25, 0.3) is 0 Å². The number of hydrogen-bond acceptors (Lipinski definition) is 7. The molecule has 7 nitrogen and oxygen atoms in total. The third-order valence-corrected chi connectivity index (χ3v) is 5.63. The van der Waals surface area contributed by atoms with Crippen LogP contribution in [-0.4, -0.2) is 52.5 Å². The molecule has 0 saturated carbocycles. The molecular weight excluding hydrogens is 434 g/mol. The average Bonchev–Trinajstić information content (AvgIpc) is 2.86. The van der Waals surface area contributed by atoms with Crippen LogP contribution in [0.4, 0.5) is 0 Å². The molecule has 0 atom stereocenters. The highest BCUT2D eigenvalue weighted by atomic mass is 16.5. The van der Waals surface area contributed by atoms with E-state index in [1.165, 1.54) is 0 Å². The van der Waals surface area contributed by atoms with E-state index in [2.05, 4.69) is 18.7 Å². The van der Waals surface area contributed by atoms with Gasteiger partial charge in [-0.2, -0.15) is 0 Å². The van der Waals surface area contributed by atoms with E-state index < -0.39 is 0 Å². The standard InChI is InChI=1S/C27H35NO6/c1-6-13-28(14-7-2)15-10-16-33-27-24(29)20-11-8-9-12-21(20)34-25(27)19-17-22(30-3)26(32-5)23(18-19)31-4/h8-9,11-12,17-18H,6-7,10,13-16H2,1-5H3. The van der Waals surface area contributed by atoms with Crippen LogP contribution in [0.3, 0.4) is 0 Å². The van der Waals surface area contributed by atoms with Gasteiger partial charge >= 0.3 is 0 Å². The quantitative estimate of drug-likeness (QED) is 0.311. The average molecular weight is 470 g/mol. The van der Waals surface area contributed by atoms with Crippen LogP contribution in [0.1, 0.15) is 33.1 Å². The molecule has 0 unspecified atom stereocenters. The van der Waals surface area contributed by atoms with Crippen LogP contribution in [0.15, 0.2) is 45.6 Å². The highest BCUT2D eigenvalue weighted by molar-refractivity contribution is 5.82. The van der Waals surface area contributed by atoms with Crippen molar-refractivity contribution in [2.75, 3.05) is 47.6 Å². The molecule has 0 N–H and O–H groups in total. The van der Waals surface area contributed by atoms with Crippen LogP contribution in [0.25, 0.3) is 22.3 Å². The van der Waals surface area contributed by atoms with Gasteiger partial charge < -0.3 is 28.3 Å². The molecule has 1 aromatic heterocycles. The van der Waals surface area contributed by atoms with Gasteiger partial charge in [0.1, 0.15) is 5.58 Å². The minimum atomic E-state index is -0.204. The molecule has 34 heavy (non-hydrogen) atoms. The van der Waals surface area contributed by atoms with Crippen LogP contribution in [0, 0.1) is 0 Å². The second kappa shape index (κ2) is 12.3. The summed E-state index contributed by atoms with van der Waals surface area (Å²) < 4.78 is 28.7. The van der Waals surface area contributed by atoms with Crippen molar-refractivity contribution < 1.29 is 23.4 Å². The van der Waals surface area contributed by atoms with Gasteiger partial charge in [-0.1, -0.05) is 26.0 Å². The summed E-state index contributed by atoms with van der Waals surface area (Å²) in [6, 6.07) is 10.7. The molecule has 184 valence electrons. The lowest BCUT2D eigenvalue weighted by molar-refractivity contribution is 0.232. The van der Waals surface area contributed by atoms with Crippen LogP contribution >= 0.6 is 0 Å². The number of ether oxygens (including phenoxy) is 4. The summed E-state index contributed by atoms with van der Waals surface area (Å²) in [6.45, 7) is 7.81. The lowest BCUT2D eigenvalue weighted by Gasteiger charge is -2.21. The third-order valence-electron chi connectivity index (χ3n) is 5.63. The summed E-state index contributed by atoms with van der Waals surface area (Å²) >= 11 is 0. The molecule has 0 fully saturated rings. The number of rotatable bonds is 13. The van der Waals surface area contributed by atoms with E-state index in [4.69, 9.17) is 23.4 Å². The first-order valence-electron chi connectivity index (χ1n) is 11.8. The Hall–Kier alpha value is -3.19. The molecular formula is C27H35NO6. The van der Waals surface area contributed by atoms with Crippen molar-refractivity contribution in [1.29, 1.82) is 0 Å². The summed E-state index contributed by atoms with van der Waals surface area (Å²) in [7, 11) is 4.64. The molecule has 7 heteroatoms. The zero-order chi connectivity index (χ0) is 24.5. The normalized spacial score (nSPS) is 11.1. The van der Waals surface area contributed by atoms with Crippen molar-refractivity contribution in [2.45, 2.75) is 33.1 Å². The summed E-state index contributed by atoms with van der Waals surface area (Å²) in [5, 5.41) is 0.479. The van der Waals surface area contributed by atoms with E-state index >= 15 is 0 Å². The van der Waals surface area contributed by atoms with Crippen molar-refractivity contribution in [3.05, 3.63) is 46.6 Å². The van der Waals surface area contributed by atoms with Crippen molar-refractivity contribution in [2.24, 2.45) is 0 Å². The number of methoxy groups -OCH3 is 3. The molecule has 0 radical (unpaired) electrons. The van der Waals surface area contributed by atoms with Gasteiger partial charge in [0.15, 0.2) is 17.3 Å². The minimum absolute atomic E-state index is 0.186. The lowest BCUT2D eigenvalue weighted by Crippen LogP contribution is -2.27. The number of benzene rings is 2. The van der Waals surface area contributed by atoms with Gasteiger partial charge in [-0.3, -0.25) is 4.79 Å². The molecule has 0 aliphatic heterocycles. The number of nitrogens with zero attached hydrogens (tertiary/aromatic N) is 1. The highest BCUT2D eigenvalue weighted by Crippen LogP contribution is 2.43. The topological polar surface area (TPSA) is 70.4 Å². The molecule has 0 amide bonds. The molecule has 0 bridgehead atoms. The lowest BCUT2D eigenvalue weighted by atomic mass is 10.1. The molecule has 3 aromatic rings. The molecule has 2 aromatic carbocycles. The number of hydrogen-bond donors (Lipinski definition) is 0. The predicted molar refractivity (Wildman–Crippen MR) is 135 cm³/mol. The SMILES string of the molecule is CCCN(CCC)CCCOc1c(-c2cc(OC)c(OC)c(OC)c2)oc2ccccc2c1=O. The van der Waals surface area contributed by atoms with E-state index in [0.717, 1.165) is 38.9 Å². The maximum Gasteiger partial charge on any atom is 0.235 e. The first-order valence-corrected chi connectivity index (χ1v) is 11.8. The van der Waals surface area contributed by atoms with Crippen molar-refractivity contribution in [1.82, 2.24) is 4.90 Å². The van der Waals surface area contributed by atoms with E-state index in [0.29, 0.717) is 46.1 Å². The molecule has 3 rings (SSSR count). The van der Waals surface area contributed by atoms with Gasteiger partial charge in [0.2, 0.25) is 16.9 Å². The molecule has 1 heterocycles.